The predicted molar refractivity (Wildman–Crippen MR) is 128 cm³/mol. The summed E-state index contributed by atoms with van der Waals surface area (Å²) in [6.07, 6.45) is -0.875. The molecule has 0 amide bonds. The fraction of sp³-hybridized carbons (Fsp3) is 0.360. The van der Waals surface area contributed by atoms with Crippen LogP contribution in [0.1, 0.15) is 24.0 Å². The van der Waals surface area contributed by atoms with Gasteiger partial charge < -0.3 is 44.5 Å². The Hall–Kier alpha value is -3.58. The fourth-order valence-corrected chi connectivity index (χ4v) is 3.42. The molecule has 0 bridgehead atoms. The number of carbonyl (C=O) groups excluding carboxylic acids is 2. The van der Waals surface area contributed by atoms with E-state index in [4.69, 9.17) is 26.8 Å². The van der Waals surface area contributed by atoms with Crippen molar-refractivity contribution in [2.45, 2.75) is 50.1 Å². The van der Waals surface area contributed by atoms with Crippen molar-refractivity contribution in [3.63, 3.8) is 0 Å². The first-order valence-corrected chi connectivity index (χ1v) is 11.4. The second kappa shape index (κ2) is 13.1. The highest BCUT2D eigenvalue weighted by molar-refractivity contribution is 6.13. The zero-order chi connectivity index (χ0) is 26.9. The highest BCUT2D eigenvalue weighted by atomic mass is 16.7. The van der Waals surface area contributed by atoms with Gasteiger partial charge in [0.25, 0.3) is 0 Å². The summed E-state index contributed by atoms with van der Waals surface area (Å²) < 4.78 is 21.2. The predicted octanol–water partition coefficient (Wildman–Crippen LogP) is 0.490. The minimum Gasteiger partial charge on any atom is -0.504 e. The summed E-state index contributed by atoms with van der Waals surface area (Å²) >= 11 is 0. The molecule has 2 aromatic rings. The molecule has 1 aliphatic heterocycles. The summed E-state index contributed by atoms with van der Waals surface area (Å²) in [7, 11) is 5.37. The van der Waals surface area contributed by atoms with E-state index in [1.807, 2.05) is 0 Å². The van der Waals surface area contributed by atoms with Gasteiger partial charge in [-0.15, -0.1) is 0 Å². The lowest BCUT2D eigenvalue weighted by molar-refractivity contribution is -0.184. The first-order chi connectivity index (χ1) is 17.6. The molecule has 1 heterocycles. The van der Waals surface area contributed by atoms with Gasteiger partial charge in [-0.25, -0.2) is 9.59 Å². The average Bonchev–Trinajstić information content (AvgIpc) is 2.86. The molecule has 2 aromatic carbocycles. The number of phenolic OH excluding ortho intramolecular Hbond substituents is 2. The Kier molecular flexibility index (Phi) is 9.92. The number of benzene rings is 2. The summed E-state index contributed by atoms with van der Waals surface area (Å²) in [5.41, 5.74) is 0.925. The van der Waals surface area contributed by atoms with Gasteiger partial charge in [-0.1, -0.05) is 18.2 Å². The normalized spacial score (nSPS) is 21.2. The lowest BCUT2D eigenvalue weighted by atomic mass is 9.94. The smallest absolute Gasteiger partial charge is 0.349 e. The lowest BCUT2D eigenvalue weighted by Crippen LogP contribution is -2.40. The number of aliphatic hydroxyl groups is 3. The van der Waals surface area contributed by atoms with Crippen LogP contribution in [0.15, 0.2) is 48.5 Å². The van der Waals surface area contributed by atoms with Crippen LogP contribution in [-0.2, 0) is 30.4 Å². The molecule has 2 radical (unpaired) electrons. The molecule has 3 rings (SSSR count). The van der Waals surface area contributed by atoms with Crippen molar-refractivity contribution in [1.82, 2.24) is 0 Å². The van der Waals surface area contributed by atoms with Crippen molar-refractivity contribution < 1.29 is 54.1 Å². The third-order valence-corrected chi connectivity index (χ3v) is 5.32. The Labute approximate surface area is 213 Å². The molecule has 37 heavy (non-hydrogen) atoms. The van der Waals surface area contributed by atoms with Crippen LogP contribution in [0.2, 0.25) is 0 Å². The van der Waals surface area contributed by atoms with Crippen LogP contribution in [0.4, 0.5) is 0 Å². The number of carbonyl (C=O) groups is 2. The monoisotopic (exact) mass is 514 g/mol. The van der Waals surface area contributed by atoms with Gasteiger partial charge in [0.2, 0.25) is 12.4 Å². The van der Waals surface area contributed by atoms with Crippen molar-refractivity contribution in [1.29, 1.82) is 0 Å². The van der Waals surface area contributed by atoms with Crippen molar-refractivity contribution in [2.24, 2.45) is 0 Å². The highest BCUT2D eigenvalue weighted by Crippen LogP contribution is 2.26. The number of aliphatic hydroxyl groups excluding tert-OH is 3. The van der Waals surface area contributed by atoms with Gasteiger partial charge in [0, 0.05) is 18.9 Å². The second-order valence-electron chi connectivity index (χ2n) is 8.29. The summed E-state index contributed by atoms with van der Waals surface area (Å²) in [4.78, 5) is 24.4. The zero-order valence-electron chi connectivity index (χ0n) is 19.7. The Morgan fingerprint density at radius 1 is 1.11 bits per heavy atom. The maximum atomic E-state index is 12.4. The Morgan fingerprint density at radius 3 is 2.49 bits per heavy atom. The first-order valence-electron chi connectivity index (χ1n) is 11.4. The summed E-state index contributed by atoms with van der Waals surface area (Å²) in [5, 5.41) is 47.6. The van der Waals surface area contributed by atoms with E-state index < -0.39 is 42.5 Å². The van der Waals surface area contributed by atoms with Gasteiger partial charge in [-0.05, 0) is 41.5 Å². The Morgan fingerprint density at radius 2 is 1.84 bits per heavy atom. The van der Waals surface area contributed by atoms with Gasteiger partial charge in [0.1, 0.15) is 20.2 Å². The van der Waals surface area contributed by atoms with Gasteiger partial charge in [-0.2, -0.15) is 0 Å². The second-order valence-corrected chi connectivity index (χ2v) is 8.29. The number of phenols is 2. The minimum absolute atomic E-state index is 0.215. The van der Waals surface area contributed by atoms with Crippen LogP contribution in [0.25, 0.3) is 6.08 Å². The van der Waals surface area contributed by atoms with Crippen LogP contribution in [0.3, 0.4) is 0 Å². The number of hydrogen-bond donors (Lipinski definition) is 5. The molecular weight excluding hydrogens is 487 g/mol. The quantitative estimate of drug-likeness (QED) is 0.129. The van der Waals surface area contributed by atoms with E-state index in [2.05, 4.69) is 0 Å². The molecule has 0 spiro atoms. The van der Waals surface area contributed by atoms with Gasteiger partial charge in [-0.3, -0.25) is 0 Å². The summed E-state index contributed by atoms with van der Waals surface area (Å²) in [6, 6.07) is 8.44. The number of hydrogen-bond acceptors (Lipinski definition) is 11. The number of ether oxygens (including phenoxy) is 4. The van der Waals surface area contributed by atoms with Crippen LogP contribution in [0.5, 0.6) is 17.2 Å². The minimum atomic E-state index is -1.84. The summed E-state index contributed by atoms with van der Waals surface area (Å²) in [6.45, 7) is -0.442. The van der Waals surface area contributed by atoms with E-state index in [-0.39, 0.29) is 31.1 Å². The van der Waals surface area contributed by atoms with Gasteiger partial charge in [0.05, 0.1) is 24.8 Å². The van der Waals surface area contributed by atoms with Crippen LogP contribution in [0, 0.1) is 0 Å². The first kappa shape index (κ1) is 28.0. The molecule has 5 N–H and O–H groups in total. The molecule has 1 aliphatic rings. The van der Waals surface area contributed by atoms with Crippen LogP contribution in [-0.4, -0.2) is 82.5 Å². The Bertz CT molecular complexity index is 1090. The van der Waals surface area contributed by atoms with E-state index >= 15 is 0 Å². The maximum Gasteiger partial charge on any atom is 0.349 e. The third-order valence-electron chi connectivity index (χ3n) is 5.32. The molecule has 11 nitrogen and oxygen atoms in total. The molecule has 0 aliphatic carbocycles. The largest absolute Gasteiger partial charge is 0.504 e. The van der Waals surface area contributed by atoms with Crippen molar-refractivity contribution in [3.8, 4) is 17.2 Å². The van der Waals surface area contributed by atoms with E-state index in [9.17, 15) is 35.1 Å². The molecule has 1 fully saturated rings. The van der Waals surface area contributed by atoms with Crippen LogP contribution < -0.4 is 4.74 Å². The van der Waals surface area contributed by atoms with Crippen LogP contribution >= 0.6 is 0 Å². The van der Waals surface area contributed by atoms with Crippen molar-refractivity contribution in [3.05, 3.63) is 59.7 Å². The lowest BCUT2D eigenvalue weighted by Gasteiger charge is -2.32. The number of esters is 2. The average molecular weight is 514 g/mol. The molecule has 5 unspecified atom stereocenters. The van der Waals surface area contributed by atoms with Gasteiger partial charge >= 0.3 is 11.9 Å². The van der Waals surface area contributed by atoms with E-state index in [0.29, 0.717) is 23.3 Å². The highest BCUT2D eigenvalue weighted by Gasteiger charge is 2.30. The van der Waals surface area contributed by atoms with Crippen molar-refractivity contribution in [2.75, 3.05) is 6.61 Å². The summed E-state index contributed by atoms with van der Waals surface area (Å²) in [5.74, 6) is -2.35. The van der Waals surface area contributed by atoms with Gasteiger partial charge in [0.15, 0.2) is 11.5 Å². The van der Waals surface area contributed by atoms with E-state index in [1.54, 1.807) is 24.3 Å². The molecule has 12 heteroatoms. The molecule has 0 aromatic heterocycles. The molecule has 5 atom stereocenters. The number of rotatable bonds is 10. The fourth-order valence-electron chi connectivity index (χ4n) is 3.42. The van der Waals surface area contributed by atoms with E-state index in [1.165, 1.54) is 24.3 Å². The van der Waals surface area contributed by atoms with E-state index in [0.717, 1.165) is 6.08 Å². The standard InChI is InChI=1S/C25H27BO11/c26-24(32)23(37-21(31)8-4-14-3-7-19(29)20(30)9-14)25(33)34-13-15-1-5-17(6-2-15)35-22-11-16(28)10-18(12-27)36-22/h1-9,16,18,22-24,27-30,32H,10-13H2/b8-4+. The SMILES string of the molecule is [B]C(O)C(OC(=O)/C=C/c1ccc(O)c(O)c1)C(=O)OCc1ccc(OC2CC(O)CC(CO)O2)cc1. The number of aromatic hydroxyl groups is 2. The zero-order valence-corrected chi connectivity index (χ0v) is 19.7. The molecule has 1 saturated heterocycles. The van der Waals surface area contributed by atoms with Crippen molar-refractivity contribution >= 4 is 25.9 Å². The third kappa shape index (κ3) is 8.50. The Balaban J connectivity index is 1.50. The molecule has 0 saturated carbocycles. The maximum absolute atomic E-state index is 12.4. The topological polar surface area (TPSA) is 172 Å². The molecular formula is C25H27BO11. The molecule has 196 valence electrons.